The van der Waals surface area contributed by atoms with Gasteiger partial charge in [0.25, 0.3) is 0 Å². The maximum atomic E-state index is 9.82. The van der Waals surface area contributed by atoms with E-state index in [0.717, 1.165) is 0 Å². The van der Waals surface area contributed by atoms with Crippen LogP contribution < -0.4 is 5.73 Å². The maximum Gasteiger partial charge on any atom is 0.243 e. The number of hydrogen-bond acceptors (Lipinski definition) is 1. The van der Waals surface area contributed by atoms with Gasteiger partial charge >= 0.3 is 0 Å². The zero-order chi connectivity index (χ0) is 7.86. The lowest BCUT2D eigenvalue weighted by molar-refractivity contribution is -0.114. The monoisotopic (exact) mass is 126 g/mol. The van der Waals surface area contributed by atoms with Gasteiger partial charge in [0.15, 0.2) is 0 Å². The molecule has 0 aliphatic heterocycles. The van der Waals surface area contributed by atoms with Gasteiger partial charge in [0.2, 0.25) is 5.91 Å². The summed E-state index contributed by atoms with van der Waals surface area (Å²) in [4.78, 5) is 9.82. The van der Waals surface area contributed by atoms with Gasteiger partial charge in [-0.25, -0.2) is 0 Å². The van der Waals surface area contributed by atoms with Crippen LogP contribution in [0.5, 0.6) is 0 Å². The van der Waals surface area contributed by atoms with Crippen LogP contribution in [0.15, 0.2) is 24.8 Å². The Morgan fingerprint density at radius 3 is 1.78 bits per heavy atom. The van der Waals surface area contributed by atoms with E-state index < -0.39 is 5.91 Å². The molecule has 0 aromatic heterocycles. The van der Waals surface area contributed by atoms with Gasteiger partial charge in [-0.2, -0.15) is 0 Å². The molecule has 0 fully saturated rings. The number of carbonyl (C=O) groups is 1. The van der Waals surface area contributed by atoms with Crippen molar-refractivity contribution in [2.24, 2.45) is 5.73 Å². The number of allylic oxidation sites excluding steroid dienone is 1. The first-order valence-electron chi connectivity index (χ1n) is 2.41. The molecule has 0 spiro atoms. The molecule has 51 valence electrons. The molecule has 9 heavy (non-hydrogen) atoms. The fourth-order valence-electron chi connectivity index (χ4n) is 0. The lowest BCUT2D eigenvalue weighted by Crippen LogP contribution is -2.10. The largest absolute Gasteiger partial charge is 0.366 e. The van der Waals surface area contributed by atoms with Crippen LogP contribution in [0.4, 0.5) is 0 Å². The molecular weight excluding hydrogens is 114 g/mol. The fourth-order valence-corrected chi connectivity index (χ4v) is 0. The Hall–Kier alpha value is -1.05. The third kappa shape index (κ3) is 19.6. The average molecular weight is 126 g/mol. The van der Waals surface area contributed by atoms with E-state index in [-0.39, 0.29) is 0 Å². The van der Waals surface area contributed by atoms with Crippen LogP contribution >= 0.6 is 0 Å². The number of amides is 1. The van der Waals surface area contributed by atoms with Gasteiger partial charge < -0.3 is 5.73 Å². The third-order valence-corrected chi connectivity index (χ3v) is 0.421. The van der Waals surface area contributed by atoms with E-state index in [1.54, 1.807) is 6.92 Å². The molecule has 0 rings (SSSR count). The molecule has 0 atom stereocenters. The van der Waals surface area contributed by atoms with Gasteiger partial charge in [0.1, 0.15) is 0 Å². The lowest BCUT2D eigenvalue weighted by atomic mass is 10.3. The van der Waals surface area contributed by atoms with Crippen LogP contribution in [0.25, 0.3) is 0 Å². The molecule has 2 heteroatoms. The Morgan fingerprint density at radius 2 is 1.78 bits per heavy atom. The summed E-state index contributed by atoms with van der Waals surface area (Å²) < 4.78 is 0. The Bertz CT molecular complexity index is 104. The SMILES string of the molecule is C=C(C)C(N)=O.[CH2]C=C. The van der Waals surface area contributed by atoms with Crippen molar-refractivity contribution >= 4 is 5.91 Å². The van der Waals surface area contributed by atoms with Gasteiger partial charge in [-0.15, -0.1) is 6.58 Å². The first kappa shape index (κ1) is 10.8. The Labute approximate surface area is 56.1 Å². The van der Waals surface area contributed by atoms with Gasteiger partial charge in [-0.05, 0) is 13.8 Å². The van der Waals surface area contributed by atoms with E-state index in [9.17, 15) is 4.79 Å². The summed E-state index contributed by atoms with van der Waals surface area (Å²) in [5.74, 6) is -0.435. The van der Waals surface area contributed by atoms with Crippen molar-refractivity contribution in [3.05, 3.63) is 31.7 Å². The molecule has 0 bridgehead atoms. The highest BCUT2D eigenvalue weighted by molar-refractivity contribution is 5.90. The second-order valence-electron chi connectivity index (χ2n) is 1.43. The predicted molar refractivity (Wildman–Crippen MR) is 39.6 cm³/mol. The second-order valence-corrected chi connectivity index (χ2v) is 1.43. The first-order valence-corrected chi connectivity index (χ1v) is 2.41. The number of nitrogens with two attached hydrogens (primary N) is 1. The van der Waals surface area contributed by atoms with E-state index in [1.807, 2.05) is 0 Å². The summed E-state index contributed by atoms with van der Waals surface area (Å²) in [5, 5.41) is 0. The zero-order valence-electron chi connectivity index (χ0n) is 5.68. The number of hydrogen-bond donors (Lipinski definition) is 1. The molecule has 0 aliphatic rings. The van der Waals surface area contributed by atoms with E-state index in [4.69, 9.17) is 5.73 Å². The smallest absolute Gasteiger partial charge is 0.243 e. The normalized spacial score (nSPS) is 6.44. The number of rotatable bonds is 1. The molecule has 0 aromatic rings. The van der Waals surface area contributed by atoms with Crippen LogP contribution in [-0.4, -0.2) is 5.91 Å². The first-order chi connectivity index (χ1) is 4.06. The summed E-state index contributed by atoms with van der Waals surface area (Å²) >= 11 is 0. The average Bonchev–Trinajstić information content (AvgIpc) is 1.68. The Morgan fingerprint density at radius 1 is 1.67 bits per heavy atom. The van der Waals surface area contributed by atoms with Crippen molar-refractivity contribution in [3.8, 4) is 0 Å². The summed E-state index contributed by atoms with van der Waals surface area (Å²) in [6.07, 6.45) is 1.50. The Balaban J connectivity index is 0. The van der Waals surface area contributed by atoms with Gasteiger partial charge in [0.05, 0.1) is 0 Å². The summed E-state index contributed by atoms with van der Waals surface area (Å²) in [6, 6.07) is 0. The molecule has 0 saturated heterocycles. The van der Waals surface area contributed by atoms with Crippen LogP contribution in [-0.2, 0) is 4.79 Å². The van der Waals surface area contributed by atoms with Crippen LogP contribution in [0.3, 0.4) is 0 Å². The van der Waals surface area contributed by atoms with E-state index in [1.165, 1.54) is 6.08 Å². The topological polar surface area (TPSA) is 43.1 Å². The molecule has 0 unspecified atom stereocenters. The molecule has 2 nitrogen and oxygen atoms in total. The highest BCUT2D eigenvalue weighted by Gasteiger charge is 1.86. The molecule has 2 N–H and O–H groups in total. The molecule has 1 radical (unpaired) electrons. The molecular formula is C7H12NO. The predicted octanol–water partition coefficient (Wildman–Crippen LogP) is 1.05. The standard InChI is InChI=1S/C4H7NO.C3H5/c1-3(2)4(5)6;1-3-2/h1H2,2H3,(H2,5,6);3H,1-2H2. The minimum absolute atomic E-state index is 0.398. The molecule has 0 heterocycles. The molecule has 0 saturated carbocycles. The van der Waals surface area contributed by atoms with Crippen molar-refractivity contribution < 1.29 is 4.79 Å². The van der Waals surface area contributed by atoms with Crippen LogP contribution in [0.2, 0.25) is 0 Å². The number of carbonyl (C=O) groups excluding carboxylic acids is 1. The highest BCUT2D eigenvalue weighted by atomic mass is 16.1. The van der Waals surface area contributed by atoms with Crippen LogP contribution in [0.1, 0.15) is 6.92 Å². The van der Waals surface area contributed by atoms with Gasteiger partial charge in [0, 0.05) is 5.57 Å². The molecule has 1 amide bonds. The van der Waals surface area contributed by atoms with Crippen LogP contribution in [0, 0.1) is 6.92 Å². The van der Waals surface area contributed by atoms with E-state index >= 15 is 0 Å². The maximum absolute atomic E-state index is 9.82. The minimum Gasteiger partial charge on any atom is -0.366 e. The lowest BCUT2D eigenvalue weighted by Gasteiger charge is -1.81. The van der Waals surface area contributed by atoms with Crippen molar-refractivity contribution in [2.45, 2.75) is 6.92 Å². The number of primary amides is 1. The highest BCUT2D eigenvalue weighted by Crippen LogP contribution is 1.78. The Kier molecular flexibility index (Phi) is 8.38. The summed E-state index contributed by atoms with van der Waals surface area (Å²) in [5.41, 5.74) is 5.09. The van der Waals surface area contributed by atoms with Gasteiger partial charge in [-0.3, -0.25) is 4.79 Å². The summed E-state index contributed by atoms with van der Waals surface area (Å²) in [6.45, 7) is 11.4. The zero-order valence-corrected chi connectivity index (χ0v) is 5.68. The summed E-state index contributed by atoms with van der Waals surface area (Å²) in [7, 11) is 0. The van der Waals surface area contributed by atoms with Gasteiger partial charge in [-0.1, -0.05) is 12.7 Å². The second kappa shape index (κ2) is 6.95. The van der Waals surface area contributed by atoms with E-state index in [2.05, 4.69) is 20.1 Å². The van der Waals surface area contributed by atoms with E-state index in [0.29, 0.717) is 5.57 Å². The minimum atomic E-state index is -0.435. The van der Waals surface area contributed by atoms with Crippen molar-refractivity contribution in [3.63, 3.8) is 0 Å². The molecule has 0 aromatic carbocycles. The van der Waals surface area contributed by atoms with Crippen molar-refractivity contribution in [1.29, 1.82) is 0 Å². The van der Waals surface area contributed by atoms with Crippen molar-refractivity contribution in [2.75, 3.05) is 0 Å². The fraction of sp³-hybridized carbons (Fsp3) is 0.143. The molecule has 0 aliphatic carbocycles. The van der Waals surface area contributed by atoms with Crippen molar-refractivity contribution in [1.82, 2.24) is 0 Å². The third-order valence-electron chi connectivity index (χ3n) is 0.421. The quantitative estimate of drug-likeness (QED) is 0.524.